The van der Waals surface area contributed by atoms with Gasteiger partial charge in [0.25, 0.3) is 0 Å². The molecule has 0 radical (unpaired) electrons. The summed E-state index contributed by atoms with van der Waals surface area (Å²) in [4.78, 5) is 8.19. The minimum atomic E-state index is 0.779. The predicted octanol–water partition coefficient (Wildman–Crippen LogP) is 2.95. The van der Waals surface area contributed by atoms with E-state index in [2.05, 4.69) is 45.8 Å². The molecule has 2 aromatic rings. The zero-order valence-corrected chi connectivity index (χ0v) is 10.6. The number of hydrogen-bond acceptors (Lipinski definition) is 4. The Morgan fingerprint density at radius 1 is 1.24 bits per heavy atom. The van der Waals surface area contributed by atoms with E-state index < -0.39 is 0 Å². The molecule has 4 heteroatoms. The van der Waals surface area contributed by atoms with Crippen molar-refractivity contribution in [3.8, 4) is 0 Å². The third-order valence-corrected chi connectivity index (χ3v) is 2.96. The van der Waals surface area contributed by atoms with Crippen molar-refractivity contribution in [1.29, 1.82) is 0 Å². The molecule has 0 atom stereocenters. The van der Waals surface area contributed by atoms with Crippen LogP contribution in [0.3, 0.4) is 0 Å². The van der Waals surface area contributed by atoms with Gasteiger partial charge in [0.1, 0.15) is 5.82 Å². The van der Waals surface area contributed by atoms with Gasteiger partial charge in [0, 0.05) is 24.7 Å². The van der Waals surface area contributed by atoms with Gasteiger partial charge in [-0.3, -0.25) is 4.98 Å². The summed E-state index contributed by atoms with van der Waals surface area (Å²) in [5.41, 5.74) is 2.62. The zero-order chi connectivity index (χ0) is 11.9. The van der Waals surface area contributed by atoms with Gasteiger partial charge in [-0.1, -0.05) is 24.3 Å². The van der Waals surface area contributed by atoms with Crippen LogP contribution in [0, 0.1) is 0 Å². The van der Waals surface area contributed by atoms with Crippen LogP contribution in [0.15, 0.2) is 42.9 Å². The van der Waals surface area contributed by atoms with E-state index in [1.807, 2.05) is 11.8 Å². The second kappa shape index (κ2) is 6.25. The first kappa shape index (κ1) is 11.9. The average Bonchev–Trinajstić information content (AvgIpc) is 2.39. The molecule has 88 valence electrons. The molecule has 0 saturated carbocycles. The van der Waals surface area contributed by atoms with Crippen molar-refractivity contribution in [2.24, 2.45) is 0 Å². The summed E-state index contributed by atoms with van der Waals surface area (Å²) < 4.78 is 0. The third-order valence-electron chi connectivity index (χ3n) is 2.34. The van der Waals surface area contributed by atoms with E-state index in [-0.39, 0.29) is 0 Å². The summed E-state index contributed by atoms with van der Waals surface area (Å²) in [7, 11) is 0. The molecule has 17 heavy (non-hydrogen) atoms. The highest BCUT2D eigenvalue weighted by molar-refractivity contribution is 7.97. The number of aromatic nitrogens is 2. The monoisotopic (exact) mass is 245 g/mol. The number of benzene rings is 1. The van der Waals surface area contributed by atoms with Crippen molar-refractivity contribution in [1.82, 2.24) is 9.97 Å². The third kappa shape index (κ3) is 3.75. The van der Waals surface area contributed by atoms with Gasteiger partial charge in [-0.25, -0.2) is 4.98 Å². The van der Waals surface area contributed by atoms with Gasteiger partial charge in [0.05, 0.1) is 6.20 Å². The summed E-state index contributed by atoms with van der Waals surface area (Å²) in [6, 6.07) is 8.59. The SMILES string of the molecule is CSCc1cccc(CNc2cnccn2)c1. The molecule has 0 spiro atoms. The molecular weight excluding hydrogens is 230 g/mol. The van der Waals surface area contributed by atoms with Crippen molar-refractivity contribution in [3.05, 3.63) is 54.0 Å². The van der Waals surface area contributed by atoms with Crippen molar-refractivity contribution in [3.63, 3.8) is 0 Å². The van der Waals surface area contributed by atoms with Gasteiger partial charge in [-0.2, -0.15) is 11.8 Å². The van der Waals surface area contributed by atoms with Gasteiger partial charge < -0.3 is 5.32 Å². The Morgan fingerprint density at radius 2 is 2.12 bits per heavy atom. The number of anilines is 1. The van der Waals surface area contributed by atoms with Gasteiger partial charge >= 0.3 is 0 Å². The minimum Gasteiger partial charge on any atom is -0.365 e. The van der Waals surface area contributed by atoms with Crippen LogP contribution in [0.2, 0.25) is 0 Å². The van der Waals surface area contributed by atoms with E-state index in [0.29, 0.717) is 0 Å². The first-order valence-electron chi connectivity index (χ1n) is 5.45. The van der Waals surface area contributed by atoms with Crippen LogP contribution in [-0.4, -0.2) is 16.2 Å². The average molecular weight is 245 g/mol. The van der Waals surface area contributed by atoms with Crippen LogP contribution >= 0.6 is 11.8 Å². The Morgan fingerprint density at radius 3 is 2.88 bits per heavy atom. The highest BCUT2D eigenvalue weighted by Gasteiger charge is 1.97. The molecule has 1 N–H and O–H groups in total. The summed E-state index contributed by atoms with van der Waals surface area (Å²) in [5, 5.41) is 3.25. The number of rotatable bonds is 5. The van der Waals surface area contributed by atoms with E-state index in [1.165, 1.54) is 11.1 Å². The fourth-order valence-corrected chi connectivity index (χ4v) is 2.09. The highest BCUT2D eigenvalue weighted by Crippen LogP contribution is 2.12. The maximum Gasteiger partial charge on any atom is 0.144 e. The molecule has 0 saturated heterocycles. The first-order valence-corrected chi connectivity index (χ1v) is 6.84. The second-order valence-electron chi connectivity index (χ2n) is 3.70. The van der Waals surface area contributed by atoms with Crippen LogP contribution in [0.1, 0.15) is 11.1 Å². The molecule has 2 rings (SSSR count). The molecule has 0 aliphatic rings. The molecular formula is C13H15N3S. The summed E-state index contributed by atoms with van der Waals surface area (Å²) in [6.45, 7) is 0.779. The Balaban J connectivity index is 1.97. The molecule has 0 amide bonds. The van der Waals surface area contributed by atoms with Crippen LogP contribution in [0.25, 0.3) is 0 Å². The lowest BCUT2D eigenvalue weighted by atomic mass is 10.1. The van der Waals surface area contributed by atoms with Crippen molar-refractivity contribution in [2.45, 2.75) is 12.3 Å². The Labute approximate surface area is 106 Å². The summed E-state index contributed by atoms with van der Waals surface area (Å²) in [6.07, 6.45) is 7.20. The molecule has 0 aliphatic carbocycles. The molecule has 1 aromatic carbocycles. The summed E-state index contributed by atoms with van der Waals surface area (Å²) in [5.74, 6) is 1.86. The standard InChI is InChI=1S/C13H15N3S/c1-17-10-12-4-2-3-11(7-12)8-16-13-9-14-5-6-15-13/h2-7,9H,8,10H2,1H3,(H,15,16). The van der Waals surface area contributed by atoms with Crippen LogP contribution in [0.5, 0.6) is 0 Å². The number of nitrogens with zero attached hydrogens (tertiary/aromatic N) is 2. The molecule has 3 nitrogen and oxygen atoms in total. The smallest absolute Gasteiger partial charge is 0.144 e. The predicted molar refractivity (Wildman–Crippen MR) is 73.0 cm³/mol. The molecule has 0 bridgehead atoms. The van der Waals surface area contributed by atoms with E-state index in [1.54, 1.807) is 18.6 Å². The second-order valence-corrected chi connectivity index (χ2v) is 4.56. The number of thioether (sulfide) groups is 1. The lowest BCUT2D eigenvalue weighted by molar-refractivity contribution is 1.08. The normalized spacial score (nSPS) is 10.2. The fraction of sp³-hybridized carbons (Fsp3) is 0.231. The van der Waals surface area contributed by atoms with E-state index in [9.17, 15) is 0 Å². The van der Waals surface area contributed by atoms with Crippen LogP contribution in [0.4, 0.5) is 5.82 Å². The number of nitrogens with one attached hydrogen (secondary N) is 1. The molecule has 0 aliphatic heterocycles. The highest BCUT2D eigenvalue weighted by atomic mass is 32.2. The number of hydrogen-bond donors (Lipinski definition) is 1. The van der Waals surface area contributed by atoms with Crippen molar-refractivity contribution >= 4 is 17.6 Å². The Kier molecular flexibility index (Phi) is 4.38. The maximum absolute atomic E-state index is 4.17. The quantitative estimate of drug-likeness (QED) is 0.879. The molecule has 0 fully saturated rings. The van der Waals surface area contributed by atoms with E-state index in [4.69, 9.17) is 0 Å². The largest absolute Gasteiger partial charge is 0.365 e. The molecule has 0 unspecified atom stereocenters. The maximum atomic E-state index is 4.17. The zero-order valence-electron chi connectivity index (χ0n) is 9.76. The van der Waals surface area contributed by atoms with Gasteiger partial charge in [0.15, 0.2) is 0 Å². The van der Waals surface area contributed by atoms with Crippen molar-refractivity contribution < 1.29 is 0 Å². The van der Waals surface area contributed by atoms with E-state index >= 15 is 0 Å². The Hall–Kier alpha value is -1.55. The lowest BCUT2D eigenvalue weighted by Crippen LogP contribution is -2.01. The van der Waals surface area contributed by atoms with Crippen LogP contribution in [-0.2, 0) is 12.3 Å². The topological polar surface area (TPSA) is 37.8 Å². The fourth-order valence-electron chi connectivity index (χ4n) is 1.58. The first-order chi connectivity index (χ1) is 8.38. The summed E-state index contributed by atoms with van der Waals surface area (Å²) >= 11 is 1.84. The lowest BCUT2D eigenvalue weighted by Gasteiger charge is -2.06. The van der Waals surface area contributed by atoms with Crippen LogP contribution < -0.4 is 5.32 Å². The van der Waals surface area contributed by atoms with Crippen molar-refractivity contribution in [2.75, 3.05) is 11.6 Å². The van der Waals surface area contributed by atoms with E-state index in [0.717, 1.165) is 18.1 Å². The Bertz CT molecular complexity index is 459. The van der Waals surface area contributed by atoms with Gasteiger partial charge in [-0.05, 0) is 17.4 Å². The molecule has 1 aromatic heterocycles. The van der Waals surface area contributed by atoms with Gasteiger partial charge in [-0.15, -0.1) is 0 Å². The van der Waals surface area contributed by atoms with Gasteiger partial charge in [0.2, 0.25) is 0 Å². The minimum absolute atomic E-state index is 0.779. The molecule has 1 heterocycles.